The topological polar surface area (TPSA) is 203 Å². The van der Waals surface area contributed by atoms with E-state index in [-0.39, 0.29) is 46.8 Å². The van der Waals surface area contributed by atoms with Gasteiger partial charge in [0.05, 0.1) is 86.5 Å². The van der Waals surface area contributed by atoms with Crippen molar-refractivity contribution < 1.29 is 26.3 Å². The van der Waals surface area contributed by atoms with Gasteiger partial charge in [0.1, 0.15) is 46.6 Å². The number of aromatic nitrogens is 10. The van der Waals surface area contributed by atoms with E-state index in [1.54, 1.807) is 111 Å². The van der Waals surface area contributed by atoms with E-state index in [1.807, 2.05) is 36.9 Å². The van der Waals surface area contributed by atoms with Crippen LogP contribution in [0.3, 0.4) is 0 Å². The lowest BCUT2D eigenvalue weighted by atomic mass is 10.1. The standard InChI is InChI=1S/C29H25F4N5O.C20H18FN5O.C16H14FN3O.ClH/c1-19(27-36-25-5-3-2-4-24(25)28(39)38(27)23-12-10-22(30)11-13-23)37(18-26-34-15-16-35-26)17-14-20-6-8-21(9-7-20)29(31,32)33;1-13(24-12-18-22-10-11-23-18)19-25-17-5-3-2-4-16(17)20(27)26(19)15-8-6-14(21)7-9-15;1-10(18)15-19-14-5-3-2-4-13(14)16(21)20(15)12-8-6-11(17)7-9-12;/h2-13,15-16,19H,14,17-18H2,1H3,(H,34,35);2-11,13,24H,12H2,1H3,(H,22,23);2-10H,18H2,1H3;1H/t19-;13-;10-;/m111./s1. The highest BCUT2D eigenvalue weighted by molar-refractivity contribution is 5.85. The Morgan fingerprint density at radius 3 is 1.35 bits per heavy atom. The molecule has 0 amide bonds. The van der Waals surface area contributed by atoms with Crippen molar-refractivity contribution >= 4 is 45.1 Å². The number of alkyl halides is 3. The number of rotatable bonds is 15. The number of hydrogen-bond donors (Lipinski definition) is 4. The van der Waals surface area contributed by atoms with Crippen LogP contribution in [0.4, 0.5) is 26.3 Å². The Balaban J connectivity index is 0.000000164. The Hall–Kier alpha value is -9.87. The number of nitrogens with two attached hydrogens (primary N) is 1. The van der Waals surface area contributed by atoms with E-state index in [4.69, 9.17) is 15.7 Å². The highest BCUT2D eigenvalue weighted by atomic mass is 35.5. The minimum absolute atomic E-state index is 0. The first-order chi connectivity index (χ1) is 41.9. The van der Waals surface area contributed by atoms with Gasteiger partial charge in [-0.05, 0) is 154 Å². The molecule has 12 aromatic rings. The number of fused-ring (bicyclic) bond motifs is 3. The molecule has 0 saturated carbocycles. The molecule has 3 atom stereocenters. The molecule has 0 spiro atoms. The third-order valence-electron chi connectivity index (χ3n) is 14.4. The summed E-state index contributed by atoms with van der Waals surface area (Å²) in [7, 11) is 0. The predicted octanol–water partition coefficient (Wildman–Crippen LogP) is 12.1. The van der Waals surface area contributed by atoms with Crippen molar-refractivity contribution in [3.63, 3.8) is 0 Å². The number of hydrogen-bond acceptors (Lipinski definition) is 11. The van der Waals surface area contributed by atoms with Crippen molar-refractivity contribution in [3.8, 4) is 17.1 Å². The number of H-pyrrole nitrogens is 2. The molecule has 0 aliphatic heterocycles. The first kappa shape index (κ1) is 62.7. The van der Waals surface area contributed by atoms with Crippen LogP contribution in [0.15, 0.2) is 209 Å². The molecule has 5 N–H and O–H groups in total. The Morgan fingerprint density at radius 1 is 0.534 bits per heavy atom. The third kappa shape index (κ3) is 14.3. The highest BCUT2D eigenvalue weighted by Gasteiger charge is 2.30. The van der Waals surface area contributed by atoms with E-state index < -0.39 is 29.6 Å². The molecule has 0 radical (unpaired) electrons. The molecule has 0 aliphatic carbocycles. The molecule has 5 heterocycles. The Morgan fingerprint density at radius 2 is 0.932 bits per heavy atom. The summed E-state index contributed by atoms with van der Waals surface area (Å²) < 4.78 is 83.7. The smallest absolute Gasteiger partial charge is 0.348 e. The van der Waals surface area contributed by atoms with Crippen LogP contribution in [0.1, 0.15) is 79.1 Å². The van der Waals surface area contributed by atoms with Gasteiger partial charge in [-0.3, -0.25) is 33.0 Å². The fourth-order valence-electron chi connectivity index (χ4n) is 9.86. The summed E-state index contributed by atoms with van der Waals surface area (Å²) in [5, 5.41) is 4.78. The van der Waals surface area contributed by atoms with E-state index >= 15 is 0 Å². The normalized spacial score (nSPS) is 12.4. The van der Waals surface area contributed by atoms with Crippen LogP contribution in [0, 0.1) is 17.5 Å². The lowest BCUT2D eigenvalue weighted by Gasteiger charge is -2.30. The summed E-state index contributed by atoms with van der Waals surface area (Å²) >= 11 is 0. The summed E-state index contributed by atoms with van der Waals surface area (Å²) in [6.07, 6.45) is 2.84. The van der Waals surface area contributed by atoms with Gasteiger partial charge in [-0.25, -0.2) is 38.1 Å². The number of halogens is 7. The lowest BCUT2D eigenvalue weighted by molar-refractivity contribution is -0.137. The molecule has 5 aromatic heterocycles. The molecule has 0 saturated heterocycles. The molecular formula is C65H58ClF6N13O3. The van der Waals surface area contributed by atoms with Crippen LogP contribution < -0.4 is 27.7 Å². The molecule has 0 fully saturated rings. The molecule has 0 unspecified atom stereocenters. The van der Waals surface area contributed by atoms with E-state index in [1.165, 1.54) is 74.4 Å². The molecule has 12 rings (SSSR count). The average molecular weight is 1220 g/mol. The predicted molar refractivity (Wildman–Crippen MR) is 328 cm³/mol. The van der Waals surface area contributed by atoms with E-state index in [0.29, 0.717) is 99.1 Å². The van der Waals surface area contributed by atoms with Crippen molar-refractivity contribution in [2.24, 2.45) is 5.73 Å². The maximum absolute atomic E-state index is 13.7. The molecule has 0 aliphatic rings. The summed E-state index contributed by atoms with van der Waals surface area (Å²) in [6.45, 7) is 6.92. The third-order valence-corrected chi connectivity index (χ3v) is 14.4. The largest absolute Gasteiger partial charge is 0.416 e. The van der Waals surface area contributed by atoms with Gasteiger partial charge in [-0.15, -0.1) is 12.4 Å². The van der Waals surface area contributed by atoms with E-state index in [9.17, 15) is 40.7 Å². The molecule has 23 heteroatoms. The zero-order valence-corrected chi connectivity index (χ0v) is 48.4. The summed E-state index contributed by atoms with van der Waals surface area (Å²) in [6, 6.07) is 42.5. The van der Waals surface area contributed by atoms with E-state index in [2.05, 4.69) is 30.2 Å². The van der Waals surface area contributed by atoms with Crippen molar-refractivity contribution in [3.05, 3.63) is 283 Å². The van der Waals surface area contributed by atoms with Crippen LogP contribution in [-0.4, -0.2) is 60.0 Å². The number of nitrogens with one attached hydrogen (secondary N) is 3. The monoisotopic (exact) mass is 1220 g/mol. The molecule has 88 heavy (non-hydrogen) atoms. The van der Waals surface area contributed by atoms with E-state index in [0.717, 1.165) is 23.5 Å². The van der Waals surface area contributed by atoms with Gasteiger partial charge in [0.2, 0.25) is 0 Å². The maximum atomic E-state index is 13.7. The fourth-order valence-corrected chi connectivity index (χ4v) is 9.86. The first-order valence-corrected chi connectivity index (χ1v) is 27.6. The van der Waals surface area contributed by atoms with Crippen LogP contribution in [-0.2, 0) is 25.7 Å². The molecule has 0 bridgehead atoms. The summed E-state index contributed by atoms with van der Waals surface area (Å²) in [5.41, 5.74) is 8.66. The van der Waals surface area contributed by atoms with Gasteiger partial charge in [0.25, 0.3) is 16.7 Å². The quantitative estimate of drug-likeness (QED) is 0.0711. The second kappa shape index (κ2) is 27.7. The van der Waals surface area contributed by atoms with Gasteiger partial charge in [0, 0.05) is 31.3 Å². The van der Waals surface area contributed by atoms with Crippen molar-refractivity contribution in [2.75, 3.05) is 6.54 Å². The van der Waals surface area contributed by atoms with Gasteiger partial charge in [0.15, 0.2) is 0 Å². The number of benzene rings is 7. The highest BCUT2D eigenvalue weighted by Crippen LogP contribution is 2.30. The molecular weight excluding hydrogens is 1160 g/mol. The first-order valence-electron chi connectivity index (χ1n) is 27.6. The maximum Gasteiger partial charge on any atom is 0.416 e. The Bertz CT molecular complexity index is 4490. The van der Waals surface area contributed by atoms with Crippen molar-refractivity contribution in [1.29, 1.82) is 0 Å². The Labute approximate surface area is 505 Å². The number of para-hydroxylation sites is 3. The summed E-state index contributed by atoms with van der Waals surface area (Å²) in [4.78, 5) is 70.3. The second-order valence-corrected chi connectivity index (χ2v) is 20.4. The number of imidazole rings is 2. The molecule has 7 aromatic carbocycles. The SMILES string of the molecule is C[C@@H](N)c1nc2ccccc2c(=O)n1-c1ccc(F)cc1.C[C@@H](NCc1ncc[nH]1)c1nc2ccccc2c(=O)n1-c1ccc(F)cc1.C[C@H](c1nc2ccccc2c(=O)n1-c1ccc(F)cc1)N(CCc1ccc(C(F)(F)F)cc1)Cc1ncc[nH]1.Cl. The molecule has 450 valence electrons. The zero-order chi connectivity index (χ0) is 61.4. The van der Waals surface area contributed by atoms with Crippen LogP contribution in [0.2, 0.25) is 0 Å². The zero-order valence-electron chi connectivity index (χ0n) is 47.5. The van der Waals surface area contributed by atoms with Gasteiger partial charge in [-0.1, -0.05) is 48.5 Å². The van der Waals surface area contributed by atoms with Crippen molar-refractivity contribution in [2.45, 2.75) is 64.6 Å². The van der Waals surface area contributed by atoms with Crippen LogP contribution in [0.5, 0.6) is 0 Å². The Kier molecular flexibility index (Phi) is 19.7. The van der Waals surface area contributed by atoms with Gasteiger partial charge >= 0.3 is 6.18 Å². The lowest BCUT2D eigenvalue weighted by Crippen LogP contribution is -2.34. The van der Waals surface area contributed by atoms with Gasteiger partial charge < -0.3 is 21.0 Å². The van der Waals surface area contributed by atoms with Gasteiger partial charge in [-0.2, -0.15) is 13.2 Å². The van der Waals surface area contributed by atoms with Crippen LogP contribution in [0.25, 0.3) is 49.8 Å². The second-order valence-electron chi connectivity index (χ2n) is 20.4. The number of aromatic amines is 2. The fraction of sp³-hybridized carbons (Fsp3) is 0.169. The van der Waals surface area contributed by atoms with Crippen molar-refractivity contribution in [1.82, 2.24) is 58.8 Å². The minimum Gasteiger partial charge on any atom is -0.348 e. The summed E-state index contributed by atoms with van der Waals surface area (Å²) in [5.74, 6) is 1.79. The minimum atomic E-state index is -4.40. The van der Waals surface area contributed by atoms with Crippen LogP contribution >= 0.6 is 12.4 Å². The molecule has 16 nitrogen and oxygen atoms in total. The average Bonchev–Trinajstić information content (AvgIpc) is 1.01. The number of nitrogens with zero attached hydrogens (tertiary/aromatic N) is 9.